The summed E-state index contributed by atoms with van der Waals surface area (Å²) < 4.78 is 14.1. The first-order chi connectivity index (χ1) is 12.0. The molecule has 6 nitrogen and oxygen atoms in total. The van der Waals surface area contributed by atoms with Crippen molar-refractivity contribution in [3.8, 4) is 11.3 Å². The van der Waals surface area contributed by atoms with Gasteiger partial charge in [0.25, 0.3) is 5.91 Å². The molecule has 4 N–H and O–H groups in total. The van der Waals surface area contributed by atoms with Gasteiger partial charge in [-0.05, 0) is 17.7 Å². The van der Waals surface area contributed by atoms with Crippen LogP contribution in [0.25, 0.3) is 26.9 Å². The van der Waals surface area contributed by atoms with Crippen molar-refractivity contribution in [1.29, 1.82) is 0 Å². The van der Waals surface area contributed by atoms with Crippen LogP contribution in [0.2, 0.25) is 0 Å². The van der Waals surface area contributed by atoms with Gasteiger partial charge >= 0.3 is 0 Å². The molecule has 122 valence electrons. The van der Waals surface area contributed by atoms with E-state index in [1.165, 1.54) is 18.2 Å². The van der Waals surface area contributed by atoms with Crippen molar-refractivity contribution in [2.45, 2.75) is 0 Å². The van der Waals surface area contributed by atoms with E-state index in [1.54, 1.807) is 24.3 Å². The molecule has 0 atom stereocenters. The van der Waals surface area contributed by atoms with Crippen molar-refractivity contribution in [3.05, 3.63) is 71.5 Å². The minimum absolute atomic E-state index is 0.215. The van der Waals surface area contributed by atoms with E-state index in [2.05, 4.69) is 14.8 Å². The summed E-state index contributed by atoms with van der Waals surface area (Å²) in [6.07, 6.45) is 1.12. The number of nitrogens with zero attached hydrogens (tertiary/aromatic N) is 3. The maximum Gasteiger partial charge on any atom is 0.280 e. The lowest BCUT2D eigenvalue weighted by molar-refractivity contribution is 0.100. The number of hydrogen-bond donors (Lipinski definition) is 2. The van der Waals surface area contributed by atoms with Crippen molar-refractivity contribution < 1.29 is 9.18 Å². The van der Waals surface area contributed by atoms with E-state index in [9.17, 15) is 9.18 Å². The average molecular weight is 333 g/mol. The molecule has 0 saturated heterocycles. The molecule has 3 rings (SSSR count). The molecule has 0 unspecified atom stereocenters. The van der Waals surface area contributed by atoms with E-state index >= 15 is 0 Å². The Kier molecular flexibility index (Phi) is 4.10. The van der Waals surface area contributed by atoms with Gasteiger partial charge in [0.1, 0.15) is 5.82 Å². The number of hydrogen-bond acceptors (Lipinski definition) is 2. The maximum atomic E-state index is 14.1. The van der Waals surface area contributed by atoms with Gasteiger partial charge in [0.05, 0.1) is 18.5 Å². The van der Waals surface area contributed by atoms with Gasteiger partial charge in [0, 0.05) is 16.3 Å². The highest BCUT2D eigenvalue weighted by Gasteiger charge is 2.13. The number of amides is 1. The Morgan fingerprint density at radius 3 is 2.48 bits per heavy atom. The van der Waals surface area contributed by atoms with Gasteiger partial charge in [-0.15, -0.1) is 0 Å². The average Bonchev–Trinajstić information content (AvgIpc) is 2.61. The zero-order valence-corrected chi connectivity index (χ0v) is 12.9. The molecule has 0 aliphatic rings. The van der Waals surface area contributed by atoms with Crippen LogP contribution in [0, 0.1) is 12.4 Å². The lowest BCUT2D eigenvalue weighted by Crippen LogP contribution is -2.24. The van der Waals surface area contributed by atoms with Crippen molar-refractivity contribution in [1.82, 2.24) is 4.98 Å². The van der Waals surface area contributed by atoms with E-state index in [-0.39, 0.29) is 11.5 Å². The summed E-state index contributed by atoms with van der Waals surface area (Å²) in [4.78, 5) is 23.0. The van der Waals surface area contributed by atoms with Crippen LogP contribution in [0.5, 0.6) is 0 Å². The molecule has 7 heteroatoms. The van der Waals surface area contributed by atoms with Crippen LogP contribution in [-0.2, 0) is 0 Å². The van der Waals surface area contributed by atoms with Crippen LogP contribution in [0.1, 0.15) is 10.4 Å². The van der Waals surface area contributed by atoms with E-state index in [0.29, 0.717) is 27.7 Å². The third kappa shape index (κ3) is 3.14. The molecule has 25 heavy (non-hydrogen) atoms. The molecule has 0 radical (unpaired) electrons. The van der Waals surface area contributed by atoms with E-state index < -0.39 is 11.7 Å². The van der Waals surface area contributed by atoms with Gasteiger partial charge in [-0.25, -0.2) is 9.24 Å². The van der Waals surface area contributed by atoms with Crippen LogP contribution < -0.4 is 11.5 Å². The number of guanidine groups is 1. The number of rotatable bonds is 2. The van der Waals surface area contributed by atoms with Crippen LogP contribution in [0.15, 0.2) is 53.7 Å². The normalized spacial score (nSPS) is 10.2. The molecule has 0 bridgehead atoms. The number of halogens is 1. The Labute approximate surface area is 142 Å². The molecular formula is C18H12FN5O. The highest BCUT2D eigenvalue weighted by atomic mass is 19.1. The molecule has 1 aromatic heterocycles. The van der Waals surface area contributed by atoms with Crippen LogP contribution in [-0.4, -0.2) is 16.9 Å². The third-order valence-electron chi connectivity index (χ3n) is 3.59. The van der Waals surface area contributed by atoms with Gasteiger partial charge in [-0.3, -0.25) is 9.78 Å². The van der Waals surface area contributed by atoms with Gasteiger partial charge in [-0.2, -0.15) is 4.99 Å². The molecule has 0 spiro atoms. The fourth-order valence-electron chi connectivity index (χ4n) is 2.45. The smallest absolute Gasteiger partial charge is 0.280 e. The number of aliphatic imine (C=N–C) groups is 1. The number of pyridine rings is 1. The van der Waals surface area contributed by atoms with E-state index in [0.717, 1.165) is 6.20 Å². The van der Waals surface area contributed by atoms with Gasteiger partial charge in [-0.1, -0.05) is 30.3 Å². The molecule has 0 saturated carbocycles. The van der Waals surface area contributed by atoms with Gasteiger partial charge in [0.2, 0.25) is 0 Å². The zero-order chi connectivity index (χ0) is 18.0. The Morgan fingerprint density at radius 1 is 1.12 bits per heavy atom. The SMILES string of the molecule is [C-]#[N+]c1ccc(-c2ncc(F)c3ccc(C(=O)N=C(N)N)cc23)cc1. The second-order valence-corrected chi connectivity index (χ2v) is 5.22. The van der Waals surface area contributed by atoms with Crippen LogP contribution in [0.3, 0.4) is 0 Å². The Balaban J connectivity index is 2.21. The summed E-state index contributed by atoms with van der Waals surface area (Å²) in [7, 11) is 0. The molecular weight excluding hydrogens is 321 g/mol. The predicted octanol–water partition coefficient (Wildman–Crippen LogP) is 3.01. The van der Waals surface area contributed by atoms with Crippen molar-refractivity contribution >= 4 is 28.3 Å². The van der Waals surface area contributed by atoms with Crippen molar-refractivity contribution in [2.24, 2.45) is 16.5 Å². The maximum absolute atomic E-state index is 14.1. The van der Waals surface area contributed by atoms with Crippen LogP contribution in [0.4, 0.5) is 10.1 Å². The quantitative estimate of drug-likeness (QED) is 0.428. The first kappa shape index (κ1) is 16.1. The number of nitrogens with two attached hydrogens (primary N) is 2. The van der Waals surface area contributed by atoms with Gasteiger partial charge < -0.3 is 11.5 Å². The number of benzene rings is 2. The summed E-state index contributed by atoms with van der Waals surface area (Å²) in [5.41, 5.74) is 12.3. The summed E-state index contributed by atoms with van der Waals surface area (Å²) in [5.74, 6) is -1.48. The lowest BCUT2D eigenvalue weighted by atomic mass is 10.0. The second kappa shape index (κ2) is 6.37. The lowest BCUT2D eigenvalue weighted by Gasteiger charge is -2.08. The van der Waals surface area contributed by atoms with E-state index in [4.69, 9.17) is 18.0 Å². The first-order valence-electron chi connectivity index (χ1n) is 7.19. The molecule has 2 aromatic carbocycles. The molecule has 3 aromatic rings. The fourth-order valence-corrected chi connectivity index (χ4v) is 2.45. The largest absolute Gasteiger partial charge is 0.370 e. The molecule has 0 aliphatic carbocycles. The van der Waals surface area contributed by atoms with Crippen LogP contribution >= 0.6 is 0 Å². The monoisotopic (exact) mass is 333 g/mol. The third-order valence-corrected chi connectivity index (χ3v) is 3.59. The summed E-state index contributed by atoms with van der Waals surface area (Å²) in [6, 6.07) is 11.2. The number of fused-ring (bicyclic) bond motifs is 1. The highest BCUT2D eigenvalue weighted by Crippen LogP contribution is 2.30. The minimum Gasteiger partial charge on any atom is -0.370 e. The summed E-state index contributed by atoms with van der Waals surface area (Å²) >= 11 is 0. The zero-order valence-electron chi connectivity index (χ0n) is 12.9. The molecule has 0 aliphatic heterocycles. The minimum atomic E-state index is -0.625. The van der Waals surface area contributed by atoms with Gasteiger partial charge in [0.15, 0.2) is 11.6 Å². The summed E-state index contributed by atoms with van der Waals surface area (Å²) in [6.45, 7) is 7.00. The Hall–Kier alpha value is -3.79. The second-order valence-electron chi connectivity index (χ2n) is 5.22. The van der Waals surface area contributed by atoms with Crippen molar-refractivity contribution in [2.75, 3.05) is 0 Å². The standard InChI is InChI=1S/C18H12FN5O/c1-22-12-5-2-10(3-6-12)16-14-8-11(17(25)24-18(20)21)4-7-13(14)15(19)9-23-16/h2-9H,(H4,20,21,24,25). The first-order valence-corrected chi connectivity index (χ1v) is 7.19. The predicted molar refractivity (Wildman–Crippen MR) is 93.5 cm³/mol. The Bertz CT molecular complexity index is 1050. The number of carbonyl (C=O) groups is 1. The summed E-state index contributed by atoms with van der Waals surface area (Å²) in [5, 5.41) is 0.771. The highest BCUT2D eigenvalue weighted by molar-refractivity contribution is 6.06. The number of carbonyl (C=O) groups excluding carboxylic acids is 1. The van der Waals surface area contributed by atoms with Crippen molar-refractivity contribution in [3.63, 3.8) is 0 Å². The van der Waals surface area contributed by atoms with E-state index in [1.807, 2.05) is 0 Å². The Morgan fingerprint density at radius 2 is 1.84 bits per heavy atom. The topological polar surface area (TPSA) is 98.7 Å². The molecule has 1 amide bonds. The fraction of sp³-hybridized carbons (Fsp3) is 0. The molecule has 1 heterocycles. The number of aromatic nitrogens is 1. The molecule has 0 fully saturated rings.